The zero-order chi connectivity index (χ0) is 23.1. The Morgan fingerprint density at radius 1 is 1.03 bits per heavy atom. The van der Waals surface area contributed by atoms with Gasteiger partial charge in [-0.25, -0.2) is 14.2 Å². The number of hydrazine groups is 1. The molecule has 0 unspecified atom stereocenters. The Morgan fingerprint density at radius 3 is 2.47 bits per heavy atom. The summed E-state index contributed by atoms with van der Waals surface area (Å²) in [6.45, 7) is 1.65. The molecule has 10 nitrogen and oxygen atoms in total. The van der Waals surface area contributed by atoms with Crippen molar-refractivity contribution in [3.8, 4) is 0 Å². The Balaban J connectivity index is 1.69. The Labute approximate surface area is 184 Å². The molecule has 0 aliphatic rings. The SMILES string of the molecule is CCO[N+](=O)NC(=O)c1ccsc1NC(=O)c1ccnc(NC(=O)c2ccc(F)cc2)c1. The lowest BCUT2D eigenvalue weighted by Crippen LogP contribution is -2.33. The lowest BCUT2D eigenvalue weighted by atomic mass is 10.2. The van der Waals surface area contributed by atoms with Gasteiger partial charge >= 0.3 is 10.9 Å². The Hall–Kier alpha value is -4.19. The third kappa shape index (κ3) is 5.70. The molecule has 3 rings (SSSR count). The number of thiophene rings is 1. The van der Waals surface area contributed by atoms with Gasteiger partial charge in [-0.05, 0) is 60.2 Å². The number of amides is 3. The first-order valence-corrected chi connectivity index (χ1v) is 10.1. The summed E-state index contributed by atoms with van der Waals surface area (Å²) in [5.41, 5.74) is 2.43. The fourth-order valence-electron chi connectivity index (χ4n) is 2.48. The first kappa shape index (κ1) is 22.5. The molecule has 3 N–H and O–H groups in total. The molecule has 3 aromatic rings. The zero-order valence-corrected chi connectivity index (χ0v) is 17.4. The quantitative estimate of drug-likeness (QED) is 0.445. The molecule has 0 fully saturated rings. The maximum absolute atomic E-state index is 13.0. The number of benzene rings is 1. The van der Waals surface area contributed by atoms with Crippen LogP contribution in [-0.4, -0.2) is 34.3 Å². The van der Waals surface area contributed by atoms with E-state index in [1.807, 2.05) is 5.43 Å². The van der Waals surface area contributed by atoms with Crippen molar-refractivity contribution in [1.29, 1.82) is 0 Å². The maximum atomic E-state index is 13.0. The number of halogens is 1. The van der Waals surface area contributed by atoms with Crippen LogP contribution in [-0.2, 0) is 4.84 Å². The number of hydrogen-bond donors (Lipinski definition) is 3. The van der Waals surface area contributed by atoms with Crippen LogP contribution in [0.1, 0.15) is 38.0 Å². The maximum Gasteiger partial charge on any atom is 0.365 e. The summed E-state index contributed by atoms with van der Waals surface area (Å²) >= 11 is 1.08. The molecule has 3 amide bonds. The van der Waals surface area contributed by atoms with E-state index < -0.39 is 23.5 Å². The third-order valence-electron chi connectivity index (χ3n) is 3.95. The molecule has 0 spiro atoms. The van der Waals surface area contributed by atoms with E-state index in [2.05, 4.69) is 20.5 Å². The minimum Gasteiger partial charge on any atom is -0.313 e. The van der Waals surface area contributed by atoms with Crippen LogP contribution >= 0.6 is 11.3 Å². The summed E-state index contributed by atoms with van der Waals surface area (Å²) in [4.78, 5) is 57.1. The van der Waals surface area contributed by atoms with Crippen LogP contribution < -0.4 is 16.1 Å². The van der Waals surface area contributed by atoms with E-state index in [1.165, 1.54) is 36.5 Å². The van der Waals surface area contributed by atoms with E-state index in [0.29, 0.717) is 0 Å². The zero-order valence-electron chi connectivity index (χ0n) is 16.6. The van der Waals surface area contributed by atoms with Crippen LogP contribution in [0.3, 0.4) is 0 Å². The first-order chi connectivity index (χ1) is 15.4. The van der Waals surface area contributed by atoms with Crippen molar-refractivity contribution in [2.24, 2.45) is 0 Å². The van der Waals surface area contributed by atoms with Gasteiger partial charge in [-0.15, -0.1) is 11.3 Å². The fraction of sp³-hybridized carbons (Fsp3) is 0.100. The number of nitrogens with one attached hydrogen (secondary N) is 3. The van der Waals surface area contributed by atoms with Gasteiger partial charge in [-0.2, -0.15) is 0 Å². The van der Waals surface area contributed by atoms with Crippen molar-refractivity contribution in [2.45, 2.75) is 6.92 Å². The highest BCUT2D eigenvalue weighted by molar-refractivity contribution is 7.14. The minimum atomic E-state index is -0.757. The number of hydrogen-bond acceptors (Lipinski definition) is 7. The van der Waals surface area contributed by atoms with Crippen molar-refractivity contribution < 1.29 is 28.6 Å². The number of carbonyl (C=O) groups excluding carboxylic acids is 3. The van der Waals surface area contributed by atoms with Gasteiger partial charge in [0.15, 0.2) is 6.61 Å². The summed E-state index contributed by atoms with van der Waals surface area (Å²) in [5, 5.41) is 6.83. The molecule has 12 heteroatoms. The van der Waals surface area contributed by atoms with Crippen molar-refractivity contribution in [3.63, 3.8) is 0 Å². The molecule has 0 aliphatic carbocycles. The second kappa shape index (κ2) is 10.2. The summed E-state index contributed by atoms with van der Waals surface area (Å²) < 4.78 is 13.0. The summed E-state index contributed by atoms with van der Waals surface area (Å²) in [6.07, 6.45) is 1.33. The molecule has 0 atom stereocenters. The van der Waals surface area contributed by atoms with Crippen LogP contribution in [0.5, 0.6) is 0 Å². The van der Waals surface area contributed by atoms with E-state index >= 15 is 0 Å². The fourth-order valence-corrected chi connectivity index (χ4v) is 3.26. The third-order valence-corrected chi connectivity index (χ3v) is 4.78. The highest BCUT2D eigenvalue weighted by atomic mass is 32.1. The number of rotatable bonds is 8. The summed E-state index contributed by atoms with van der Waals surface area (Å²) in [7, 11) is 0. The van der Waals surface area contributed by atoms with E-state index in [9.17, 15) is 23.7 Å². The molecular weight excluding hydrogens is 441 g/mol. The van der Waals surface area contributed by atoms with Crippen LogP contribution in [0.2, 0.25) is 0 Å². The highest BCUT2D eigenvalue weighted by Crippen LogP contribution is 2.24. The van der Waals surface area contributed by atoms with Crippen molar-refractivity contribution >= 4 is 39.9 Å². The van der Waals surface area contributed by atoms with Crippen molar-refractivity contribution in [2.75, 3.05) is 17.2 Å². The van der Waals surface area contributed by atoms with Crippen molar-refractivity contribution in [3.05, 3.63) is 81.5 Å². The second-order valence-electron chi connectivity index (χ2n) is 6.12. The Morgan fingerprint density at radius 2 is 1.75 bits per heavy atom. The smallest absolute Gasteiger partial charge is 0.313 e. The highest BCUT2D eigenvalue weighted by Gasteiger charge is 2.22. The lowest BCUT2D eigenvalue weighted by molar-refractivity contribution is -0.833. The van der Waals surface area contributed by atoms with Gasteiger partial charge < -0.3 is 10.6 Å². The van der Waals surface area contributed by atoms with Gasteiger partial charge in [0, 0.05) is 17.3 Å². The molecule has 32 heavy (non-hydrogen) atoms. The molecule has 0 saturated carbocycles. The molecular formula is C20H17FN5O5S+. The number of anilines is 2. The van der Waals surface area contributed by atoms with Gasteiger partial charge in [0.1, 0.15) is 21.5 Å². The number of pyridine rings is 1. The summed E-state index contributed by atoms with van der Waals surface area (Å²) in [5.74, 6) is -2.21. The van der Waals surface area contributed by atoms with E-state index in [0.717, 1.165) is 23.5 Å². The standard InChI is InChI=1S/C20H16FN5O5S/c1-2-31-26(30)25-19(29)15-8-10-32-20(15)24-18(28)13-7-9-22-16(11-13)23-17(27)12-3-5-14(21)6-4-12/h3-11H,2H2,1H3,(H2-,22,23,24,25,27,28,29,30)/p+1. The molecule has 0 bridgehead atoms. The van der Waals surface area contributed by atoms with Gasteiger partial charge in [0.05, 0.1) is 5.56 Å². The molecule has 164 valence electrons. The molecule has 0 saturated heterocycles. The normalized spacial score (nSPS) is 10.2. The van der Waals surface area contributed by atoms with E-state index in [-0.39, 0.29) is 39.1 Å². The van der Waals surface area contributed by atoms with Gasteiger partial charge in [0.25, 0.3) is 11.8 Å². The monoisotopic (exact) mass is 458 g/mol. The largest absolute Gasteiger partial charge is 0.365 e. The molecule has 2 heterocycles. The van der Waals surface area contributed by atoms with E-state index in [1.54, 1.807) is 12.3 Å². The number of carbonyl (C=O) groups is 3. The summed E-state index contributed by atoms with van der Waals surface area (Å²) in [6, 6.07) is 9.15. The van der Waals surface area contributed by atoms with Gasteiger partial charge in [-0.1, -0.05) is 0 Å². The average Bonchev–Trinajstić information content (AvgIpc) is 3.22. The number of nitrogens with zero attached hydrogens (tertiary/aromatic N) is 2. The predicted octanol–water partition coefficient (Wildman–Crippen LogP) is 3.16. The van der Waals surface area contributed by atoms with Crippen LogP contribution in [0.15, 0.2) is 54.0 Å². The Bertz CT molecular complexity index is 1170. The average molecular weight is 458 g/mol. The van der Waals surface area contributed by atoms with Crippen LogP contribution in [0, 0.1) is 10.7 Å². The molecule has 1 aromatic carbocycles. The first-order valence-electron chi connectivity index (χ1n) is 9.20. The molecule has 0 aliphatic heterocycles. The van der Waals surface area contributed by atoms with Gasteiger partial charge in [0.2, 0.25) is 0 Å². The minimum absolute atomic E-state index is 0.0649. The molecule has 0 radical (unpaired) electrons. The Kier molecular flexibility index (Phi) is 7.18. The van der Waals surface area contributed by atoms with Gasteiger partial charge in [-0.3, -0.25) is 14.4 Å². The predicted molar refractivity (Wildman–Crippen MR) is 114 cm³/mol. The lowest BCUT2D eigenvalue weighted by Gasteiger charge is -2.08. The van der Waals surface area contributed by atoms with E-state index in [4.69, 9.17) is 0 Å². The topological polar surface area (TPSA) is 130 Å². The van der Waals surface area contributed by atoms with Crippen molar-refractivity contribution in [1.82, 2.24) is 10.4 Å². The molecule has 2 aromatic heterocycles. The van der Waals surface area contributed by atoms with Crippen LogP contribution in [0.25, 0.3) is 0 Å². The number of aromatic nitrogens is 1. The second-order valence-corrected chi connectivity index (χ2v) is 7.04. The van der Waals surface area contributed by atoms with Crippen LogP contribution in [0.4, 0.5) is 15.2 Å².